The van der Waals surface area contributed by atoms with Crippen molar-refractivity contribution in [3.05, 3.63) is 89.2 Å². The summed E-state index contributed by atoms with van der Waals surface area (Å²) in [6.07, 6.45) is 4.10. The second-order valence-electron chi connectivity index (χ2n) is 7.38. The van der Waals surface area contributed by atoms with Gasteiger partial charge in [0.05, 0.1) is 18.4 Å². The first kappa shape index (κ1) is 17.7. The Morgan fingerprint density at radius 1 is 1.10 bits per heavy atom. The summed E-state index contributed by atoms with van der Waals surface area (Å²) in [6, 6.07) is 18.7. The van der Waals surface area contributed by atoms with Gasteiger partial charge in [0, 0.05) is 29.9 Å². The first-order chi connectivity index (χ1) is 14.2. The van der Waals surface area contributed by atoms with E-state index in [2.05, 4.69) is 47.2 Å². The van der Waals surface area contributed by atoms with Gasteiger partial charge in [0.25, 0.3) is 0 Å². The third-order valence-electron chi connectivity index (χ3n) is 5.43. The van der Waals surface area contributed by atoms with E-state index in [1.807, 2.05) is 37.4 Å². The molecule has 0 amide bonds. The van der Waals surface area contributed by atoms with Gasteiger partial charge >= 0.3 is 0 Å². The van der Waals surface area contributed by atoms with Crippen LogP contribution in [0.4, 0.5) is 0 Å². The fraction of sp³-hybridized carbons (Fsp3) is 0.250. The van der Waals surface area contributed by atoms with Crippen molar-refractivity contribution in [3.8, 4) is 11.5 Å². The molecule has 29 heavy (non-hydrogen) atoms. The minimum atomic E-state index is -0.342. The summed E-state index contributed by atoms with van der Waals surface area (Å²) in [4.78, 5) is 4.29. The van der Waals surface area contributed by atoms with Crippen molar-refractivity contribution in [1.29, 1.82) is 0 Å². The number of ether oxygens (including phenoxy) is 2. The Hall–Kier alpha value is -3.34. The monoisotopic (exact) mass is 385 g/mol. The lowest BCUT2D eigenvalue weighted by Crippen LogP contribution is -2.34. The molecular weight excluding hydrogens is 362 g/mol. The van der Waals surface area contributed by atoms with Gasteiger partial charge in [0.15, 0.2) is 11.5 Å². The summed E-state index contributed by atoms with van der Waals surface area (Å²) in [7, 11) is 0. The second-order valence-corrected chi connectivity index (χ2v) is 7.38. The molecule has 2 aliphatic heterocycles. The predicted molar refractivity (Wildman–Crippen MR) is 112 cm³/mol. The van der Waals surface area contributed by atoms with Crippen LogP contribution >= 0.6 is 0 Å². The lowest BCUT2D eigenvalue weighted by atomic mass is 9.95. The Morgan fingerprint density at radius 3 is 2.72 bits per heavy atom. The van der Waals surface area contributed by atoms with Gasteiger partial charge < -0.3 is 9.47 Å². The molecule has 0 saturated heterocycles. The van der Waals surface area contributed by atoms with Crippen molar-refractivity contribution in [3.63, 3.8) is 0 Å². The highest BCUT2D eigenvalue weighted by atomic mass is 16.5. The predicted octanol–water partition coefficient (Wildman–Crippen LogP) is 5.03. The maximum atomic E-state index is 6.47. The number of hydrazone groups is 1. The number of aryl methyl sites for hydroxylation is 1. The van der Waals surface area contributed by atoms with Crippen LogP contribution in [0.25, 0.3) is 0 Å². The van der Waals surface area contributed by atoms with Gasteiger partial charge in [-0.15, -0.1) is 0 Å². The SMILES string of the molecule is CCOc1cccc2c1O[C@@H](c1cccnc1)N1N=C(c3ccc(C)cc3)C[C@H]21. The van der Waals surface area contributed by atoms with E-state index < -0.39 is 0 Å². The summed E-state index contributed by atoms with van der Waals surface area (Å²) >= 11 is 0. The molecular formula is C24H23N3O2. The highest BCUT2D eigenvalue weighted by Crippen LogP contribution is 2.50. The number of benzene rings is 2. The summed E-state index contributed by atoms with van der Waals surface area (Å²) < 4.78 is 12.3. The molecule has 5 nitrogen and oxygen atoms in total. The first-order valence-corrected chi connectivity index (χ1v) is 9.99. The van der Waals surface area contributed by atoms with Gasteiger partial charge in [0.2, 0.25) is 6.23 Å². The number of para-hydroxylation sites is 1. The van der Waals surface area contributed by atoms with E-state index in [4.69, 9.17) is 14.6 Å². The number of rotatable bonds is 4. The molecule has 5 heteroatoms. The van der Waals surface area contributed by atoms with Gasteiger partial charge in [-0.05, 0) is 31.5 Å². The zero-order chi connectivity index (χ0) is 19.8. The van der Waals surface area contributed by atoms with Crippen LogP contribution in [0, 0.1) is 6.92 Å². The maximum absolute atomic E-state index is 6.47. The minimum Gasteiger partial charge on any atom is -0.490 e. The molecule has 2 aliphatic rings. The average Bonchev–Trinajstić information content (AvgIpc) is 3.20. The summed E-state index contributed by atoms with van der Waals surface area (Å²) in [5.74, 6) is 1.59. The number of nitrogens with zero attached hydrogens (tertiary/aromatic N) is 3. The second kappa shape index (κ2) is 7.24. The average molecular weight is 385 g/mol. The highest BCUT2D eigenvalue weighted by Gasteiger charge is 2.42. The quantitative estimate of drug-likeness (QED) is 0.632. The molecule has 1 aromatic heterocycles. The first-order valence-electron chi connectivity index (χ1n) is 9.99. The fourth-order valence-electron chi connectivity index (χ4n) is 4.02. The molecule has 0 bridgehead atoms. The largest absolute Gasteiger partial charge is 0.490 e. The highest BCUT2D eigenvalue weighted by molar-refractivity contribution is 6.02. The summed E-state index contributed by atoms with van der Waals surface area (Å²) in [5.41, 5.74) is 5.55. The standard InChI is InChI=1S/C24H23N3O2/c1-3-28-22-8-4-7-19-21-14-20(17-11-9-16(2)10-12-17)26-27(21)24(29-23(19)22)18-6-5-13-25-15-18/h4-13,15,21,24H,3,14H2,1-2H3/t21-,24+/m1/s1. The van der Waals surface area contributed by atoms with Crippen LogP contribution in [0.3, 0.4) is 0 Å². The van der Waals surface area contributed by atoms with E-state index in [1.54, 1.807) is 6.20 Å². The van der Waals surface area contributed by atoms with Crippen molar-refractivity contribution >= 4 is 5.71 Å². The normalized spacial score (nSPS) is 19.8. The molecule has 2 aromatic carbocycles. The Balaban J connectivity index is 1.60. The smallest absolute Gasteiger partial charge is 0.215 e. The van der Waals surface area contributed by atoms with E-state index >= 15 is 0 Å². The number of pyridine rings is 1. The number of hydrogen-bond acceptors (Lipinski definition) is 5. The zero-order valence-electron chi connectivity index (χ0n) is 16.6. The van der Waals surface area contributed by atoms with Gasteiger partial charge in [-0.25, -0.2) is 5.01 Å². The molecule has 0 radical (unpaired) electrons. The Kier molecular flexibility index (Phi) is 4.43. The van der Waals surface area contributed by atoms with Crippen LogP contribution in [-0.4, -0.2) is 22.3 Å². The van der Waals surface area contributed by atoms with Crippen molar-refractivity contribution in [2.75, 3.05) is 6.61 Å². The molecule has 2 atom stereocenters. The van der Waals surface area contributed by atoms with Crippen molar-refractivity contribution < 1.29 is 9.47 Å². The maximum Gasteiger partial charge on any atom is 0.215 e. The van der Waals surface area contributed by atoms with Gasteiger partial charge in [-0.1, -0.05) is 48.0 Å². The van der Waals surface area contributed by atoms with E-state index in [-0.39, 0.29) is 12.3 Å². The fourth-order valence-corrected chi connectivity index (χ4v) is 4.02. The number of fused-ring (bicyclic) bond motifs is 3. The molecule has 0 unspecified atom stereocenters. The zero-order valence-corrected chi connectivity index (χ0v) is 16.6. The molecule has 3 aromatic rings. The molecule has 5 rings (SSSR count). The van der Waals surface area contributed by atoms with Gasteiger partial charge in [0.1, 0.15) is 0 Å². The van der Waals surface area contributed by atoms with Crippen LogP contribution < -0.4 is 9.47 Å². The topological polar surface area (TPSA) is 47.0 Å². The van der Waals surface area contributed by atoms with Crippen LogP contribution in [0.15, 0.2) is 72.1 Å². The third-order valence-corrected chi connectivity index (χ3v) is 5.43. The third kappa shape index (κ3) is 3.12. The van der Waals surface area contributed by atoms with E-state index in [0.717, 1.165) is 40.3 Å². The van der Waals surface area contributed by atoms with E-state index in [1.165, 1.54) is 5.56 Å². The van der Waals surface area contributed by atoms with Crippen molar-refractivity contribution in [1.82, 2.24) is 9.99 Å². The Morgan fingerprint density at radius 2 is 1.97 bits per heavy atom. The van der Waals surface area contributed by atoms with Crippen molar-refractivity contribution in [2.45, 2.75) is 32.5 Å². The Bertz CT molecular complexity index is 1050. The lowest BCUT2D eigenvalue weighted by molar-refractivity contribution is -0.0214. The van der Waals surface area contributed by atoms with Gasteiger partial charge in [-0.3, -0.25) is 4.98 Å². The van der Waals surface area contributed by atoms with Crippen LogP contribution in [0.1, 0.15) is 47.9 Å². The van der Waals surface area contributed by atoms with Crippen molar-refractivity contribution in [2.24, 2.45) is 5.10 Å². The van der Waals surface area contributed by atoms with E-state index in [9.17, 15) is 0 Å². The lowest BCUT2D eigenvalue weighted by Gasteiger charge is -2.38. The molecule has 146 valence electrons. The van der Waals surface area contributed by atoms with Gasteiger partial charge in [-0.2, -0.15) is 5.10 Å². The molecule has 3 heterocycles. The van der Waals surface area contributed by atoms with Crippen LogP contribution in [0.2, 0.25) is 0 Å². The molecule has 0 spiro atoms. The molecule has 0 saturated carbocycles. The number of hydrogen-bond donors (Lipinski definition) is 0. The van der Waals surface area contributed by atoms with Crippen LogP contribution in [0.5, 0.6) is 11.5 Å². The van der Waals surface area contributed by atoms with Crippen LogP contribution in [-0.2, 0) is 0 Å². The summed E-state index contributed by atoms with van der Waals surface area (Å²) in [5, 5.41) is 7.07. The molecule has 0 N–H and O–H groups in total. The molecule has 0 fully saturated rings. The molecule has 0 aliphatic carbocycles. The Labute approximate surface area is 170 Å². The number of aromatic nitrogens is 1. The summed E-state index contributed by atoms with van der Waals surface area (Å²) in [6.45, 7) is 4.68. The van der Waals surface area contributed by atoms with E-state index in [0.29, 0.717) is 6.61 Å². The minimum absolute atomic E-state index is 0.0978.